The van der Waals surface area contributed by atoms with Gasteiger partial charge in [-0.05, 0) is 78.1 Å². The summed E-state index contributed by atoms with van der Waals surface area (Å²) < 4.78 is 62.1. The zero-order chi connectivity index (χ0) is 42.8. The molecule has 0 saturated carbocycles. The first-order valence-corrected chi connectivity index (χ1v) is 23.3. The molecule has 14 heteroatoms. The third-order valence-corrected chi connectivity index (χ3v) is 14.1. The first kappa shape index (κ1) is 45.8. The SMILES string of the molecule is COc1ccc(C(OC[C@@]2(C=CCCCCCOS(C)(=O)=O)O[C@@H](n3cc(C)c(=O)[nH]c3=O)CC2O[SiH2]C(C)(C)C(C)C)(c2ccccc2)c2ccc(OC)cc2)cc1. The summed E-state index contributed by atoms with van der Waals surface area (Å²) in [4.78, 5) is 28.3. The van der Waals surface area contributed by atoms with E-state index in [9.17, 15) is 18.0 Å². The van der Waals surface area contributed by atoms with Crippen LogP contribution in [0.3, 0.4) is 0 Å². The minimum absolute atomic E-state index is 0.00735. The van der Waals surface area contributed by atoms with Crippen LogP contribution >= 0.6 is 0 Å². The molecule has 3 aromatic carbocycles. The lowest BCUT2D eigenvalue weighted by Crippen LogP contribution is -2.48. The first-order valence-electron chi connectivity index (χ1n) is 20.2. The number of allylic oxidation sites excluding steroid dienone is 1. The standard InChI is InChI=1S/C45H60N2O10SSi/c1-32(2)43(4,5)59-57-39-29-40(47-30-33(3)41(48)46-42(47)49)56-44(39,27-15-10-9-11-16-28-55-58(8,50)51)31-54-45(34-17-13-12-14-18-34,35-19-23-37(52-6)24-20-35)36-21-25-38(53-7)26-22-36/h12-15,17-27,30,32,39-40H,9-11,16,28-29,31,59H2,1-8H3,(H,46,48,49)/t39?,40-,44-/m1/s1. The van der Waals surface area contributed by atoms with E-state index in [2.05, 4.69) is 38.8 Å². The number of aromatic nitrogens is 2. The van der Waals surface area contributed by atoms with Gasteiger partial charge >= 0.3 is 5.69 Å². The Labute approximate surface area is 350 Å². The number of nitrogens with zero attached hydrogens (tertiary/aromatic N) is 1. The molecular weight excluding hydrogens is 789 g/mol. The molecular formula is C45H60N2O10SSi. The van der Waals surface area contributed by atoms with Crippen molar-refractivity contribution >= 4 is 19.9 Å². The zero-order valence-corrected chi connectivity index (χ0v) is 37.8. The quantitative estimate of drug-likeness (QED) is 0.0308. The number of hydrogen-bond acceptors (Lipinski definition) is 10. The molecule has 5 rings (SSSR count). The fourth-order valence-corrected chi connectivity index (χ4v) is 8.88. The Bertz CT molecular complexity index is 2170. The molecule has 12 nitrogen and oxygen atoms in total. The summed E-state index contributed by atoms with van der Waals surface area (Å²) in [5.41, 5.74) is -0.450. The number of benzene rings is 3. The summed E-state index contributed by atoms with van der Waals surface area (Å²) in [5.74, 6) is 1.76. The Morgan fingerprint density at radius 1 is 0.915 bits per heavy atom. The molecule has 59 heavy (non-hydrogen) atoms. The van der Waals surface area contributed by atoms with Gasteiger partial charge in [0, 0.05) is 18.2 Å². The van der Waals surface area contributed by atoms with Crippen LogP contribution in [0.15, 0.2) is 107 Å². The van der Waals surface area contributed by atoms with Crippen molar-refractivity contribution in [1.82, 2.24) is 9.55 Å². The number of aryl methyl sites for hydroxylation is 1. The zero-order valence-electron chi connectivity index (χ0n) is 35.6. The maximum atomic E-state index is 13.4. The number of ether oxygens (including phenoxy) is 4. The summed E-state index contributed by atoms with van der Waals surface area (Å²) in [7, 11) is -1.45. The number of methoxy groups -OCH3 is 2. The molecule has 0 aliphatic carbocycles. The van der Waals surface area contributed by atoms with Crippen molar-refractivity contribution in [2.75, 3.05) is 33.7 Å². The van der Waals surface area contributed by atoms with Crippen LogP contribution in [0.5, 0.6) is 11.5 Å². The predicted octanol–water partition coefficient (Wildman–Crippen LogP) is 6.94. The first-order chi connectivity index (χ1) is 28.0. The van der Waals surface area contributed by atoms with Crippen LogP contribution < -0.4 is 20.7 Å². The highest BCUT2D eigenvalue weighted by atomic mass is 32.2. The average Bonchev–Trinajstić information content (AvgIpc) is 3.58. The number of rotatable bonds is 21. The molecule has 1 unspecified atom stereocenters. The number of H-pyrrole nitrogens is 1. The Hall–Kier alpha value is -4.31. The smallest absolute Gasteiger partial charge is 0.330 e. The highest BCUT2D eigenvalue weighted by molar-refractivity contribution is 7.85. The Balaban J connectivity index is 1.64. The molecule has 4 aromatic rings. The van der Waals surface area contributed by atoms with Gasteiger partial charge in [-0.2, -0.15) is 8.42 Å². The minimum atomic E-state index is -3.50. The van der Waals surface area contributed by atoms with Gasteiger partial charge in [-0.25, -0.2) is 4.79 Å². The van der Waals surface area contributed by atoms with Crippen molar-refractivity contribution < 1.29 is 36.0 Å². The normalized spacial score (nSPS) is 19.0. The van der Waals surface area contributed by atoms with E-state index in [4.69, 9.17) is 27.6 Å². The Morgan fingerprint density at radius 2 is 1.51 bits per heavy atom. The molecule has 1 aromatic heterocycles. The van der Waals surface area contributed by atoms with Gasteiger partial charge in [-0.3, -0.25) is 18.5 Å². The molecule has 2 heterocycles. The maximum absolute atomic E-state index is 13.4. The topological polar surface area (TPSA) is 144 Å². The molecule has 1 N–H and O–H groups in total. The molecule has 320 valence electrons. The van der Waals surface area contributed by atoms with Crippen molar-refractivity contribution in [3.63, 3.8) is 0 Å². The Morgan fingerprint density at radius 3 is 2.07 bits per heavy atom. The second-order valence-corrected chi connectivity index (χ2v) is 20.3. The summed E-state index contributed by atoms with van der Waals surface area (Å²) in [6, 6.07) is 25.7. The lowest BCUT2D eigenvalue weighted by molar-refractivity contribution is -0.133. The Kier molecular flexibility index (Phi) is 15.4. The average molecular weight is 849 g/mol. The van der Waals surface area contributed by atoms with Crippen molar-refractivity contribution in [2.24, 2.45) is 5.92 Å². The third kappa shape index (κ3) is 11.3. The van der Waals surface area contributed by atoms with E-state index in [-0.39, 0.29) is 18.3 Å². The highest BCUT2D eigenvalue weighted by Crippen LogP contribution is 2.47. The molecule has 1 aliphatic rings. The number of hydrogen-bond donors (Lipinski definition) is 1. The fraction of sp³-hybridized carbons (Fsp3) is 0.467. The van der Waals surface area contributed by atoms with E-state index in [0.29, 0.717) is 42.2 Å². The summed E-state index contributed by atoms with van der Waals surface area (Å²) in [6.45, 7) is 10.6. The lowest BCUT2D eigenvalue weighted by atomic mass is 9.79. The fourth-order valence-electron chi connectivity index (χ4n) is 7.07. The van der Waals surface area contributed by atoms with Crippen LogP contribution in [0.2, 0.25) is 5.04 Å². The lowest BCUT2D eigenvalue weighted by Gasteiger charge is -2.41. The summed E-state index contributed by atoms with van der Waals surface area (Å²) >= 11 is 0. The van der Waals surface area contributed by atoms with Crippen molar-refractivity contribution in [3.05, 3.63) is 140 Å². The van der Waals surface area contributed by atoms with E-state index in [1.807, 2.05) is 84.9 Å². The van der Waals surface area contributed by atoms with Gasteiger partial charge in [-0.1, -0.05) is 101 Å². The van der Waals surface area contributed by atoms with E-state index in [0.717, 1.165) is 35.8 Å². The molecule has 0 bridgehead atoms. The second-order valence-electron chi connectivity index (χ2n) is 16.3. The largest absolute Gasteiger partial charge is 0.497 e. The predicted molar refractivity (Wildman–Crippen MR) is 232 cm³/mol. The summed E-state index contributed by atoms with van der Waals surface area (Å²) in [5, 5.41) is -0.0617. The number of nitrogens with one attached hydrogen (secondary N) is 1. The minimum Gasteiger partial charge on any atom is -0.497 e. The number of aromatic amines is 1. The monoisotopic (exact) mass is 848 g/mol. The van der Waals surface area contributed by atoms with Gasteiger partial charge in [0.25, 0.3) is 15.7 Å². The van der Waals surface area contributed by atoms with Crippen LogP contribution in [0.4, 0.5) is 0 Å². The van der Waals surface area contributed by atoms with E-state index < -0.39 is 54.7 Å². The van der Waals surface area contributed by atoms with Crippen LogP contribution in [-0.2, 0) is 33.8 Å². The van der Waals surface area contributed by atoms with Crippen LogP contribution in [0.25, 0.3) is 0 Å². The molecule has 0 radical (unpaired) electrons. The molecule has 1 aliphatic heterocycles. The molecule has 3 atom stereocenters. The highest BCUT2D eigenvalue weighted by Gasteiger charge is 2.52. The molecule has 1 fully saturated rings. The van der Waals surface area contributed by atoms with Gasteiger partial charge in [-0.15, -0.1) is 0 Å². The second kappa shape index (κ2) is 19.8. The summed E-state index contributed by atoms with van der Waals surface area (Å²) in [6.07, 6.45) is 8.45. The molecule has 1 saturated heterocycles. The third-order valence-electron chi connectivity index (χ3n) is 11.4. The van der Waals surface area contributed by atoms with Crippen LogP contribution in [-0.4, -0.2) is 73.1 Å². The van der Waals surface area contributed by atoms with Gasteiger partial charge in [0.15, 0.2) is 9.76 Å². The number of unbranched alkanes of at least 4 members (excludes halogenated alkanes) is 3. The van der Waals surface area contributed by atoms with Crippen molar-refractivity contribution in [1.29, 1.82) is 0 Å². The van der Waals surface area contributed by atoms with E-state index in [1.54, 1.807) is 27.3 Å². The van der Waals surface area contributed by atoms with Gasteiger partial charge < -0.3 is 23.4 Å². The van der Waals surface area contributed by atoms with Crippen molar-refractivity contribution in [3.8, 4) is 11.5 Å². The molecule has 0 spiro atoms. The van der Waals surface area contributed by atoms with Gasteiger partial charge in [0.1, 0.15) is 28.9 Å². The van der Waals surface area contributed by atoms with E-state index >= 15 is 0 Å². The van der Waals surface area contributed by atoms with Crippen molar-refractivity contribution in [2.45, 2.75) is 95.3 Å². The van der Waals surface area contributed by atoms with E-state index in [1.165, 1.54) is 4.57 Å². The van der Waals surface area contributed by atoms with Gasteiger partial charge in [0.2, 0.25) is 0 Å². The molecule has 0 amide bonds. The maximum Gasteiger partial charge on any atom is 0.330 e. The van der Waals surface area contributed by atoms with Crippen LogP contribution in [0, 0.1) is 12.8 Å². The van der Waals surface area contributed by atoms with Crippen LogP contribution in [0.1, 0.15) is 88.3 Å². The van der Waals surface area contributed by atoms with Gasteiger partial charge in [0.05, 0.1) is 39.8 Å².